The minimum atomic E-state index is 0.139. The molecule has 0 aliphatic heterocycles. The Bertz CT molecular complexity index is 124. The van der Waals surface area contributed by atoms with Gasteiger partial charge in [-0.15, -0.1) is 0 Å². The average molecular weight is 188 g/mol. The molecule has 0 aliphatic rings. The van der Waals surface area contributed by atoms with E-state index in [2.05, 4.69) is 38.2 Å². The van der Waals surface area contributed by atoms with E-state index < -0.39 is 0 Å². The topological polar surface area (TPSA) is 24.5 Å². The maximum atomic E-state index is 5.58. The van der Waals surface area contributed by atoms with Gasteiger partial charge in [0.05, 0.1) is 6.61 Å². The van der Waals surface area contributed by atoms with Gasteiger partial charge in [-0.25, -0.2) is 0 Å². The molecule has 0 rings (SSSR count). The first-order valence-electron chi connectivity index (χ1n) is 4.90. The Morgan fingerprint density at radius 1 is 1.31 bits per heavy atom. The van der Waals surface area contributed by atoms with Crippen LogP contribution in [0, 0.1) is 0 Å². The fourth-order valence-corrected chi connectivity index (χ4v) is 0.802. The fraction of sp³-hybridized carbons (Fsp3) is 1.00. The van der Waals surface area contributed by atoms with Gasteiger partial charge in [0.25, 0.3) is 0 Å². The maximum absolute atomic E-state index is 5.58. The average Bonchev–Trinajstić information content (AvgIpc) is 2.03. The molecule has 0 spiro atoms. The fourth-order valence-electron chi connectivity index (χ4n) is 0.802. The smallest absolute Gasteiger partial charge is 0.0644 e. The minimum absolute atomic E-state index is 0.139. The highest BCUT2D eigenvalue weighted by atomic mass is 16.5. The van der Waals surface area contributed by atoms with Crippen LogP contribution in [0.5, 0.6) is 0 Å². The standard InChI is InChI=1S/C10H24N2O/c1-10(2,12(4)5)9-13-8-6-7-11-3/h11H,6-9H2,1-5H3. The van der Waals surface area contributed by atoms with Gasteiger partial charge in [-0.05, 0) is 48.0 Å². The largest absolute Gasteiger partial charge is 0.379 e. The first-order valence-corrected chi connectivity index (χ1v) is 4.90. The zero-order chi connectivity index (χ0) is 10.3. The molecule has 0 aromatic rings. The molecule has 0 amide bonds. The highest BCUT2D eigenvalue weighted by molar-refractivity contribution is 4.75. The number of nitrogens with one attached hydrogen (secondary N) is 1. The van der Waals surface area contributed by atoms with Crippen molar-refractivity contribution in [3.8, 4) is 0 Å². The number of hydrogen-bond acceptors (Lipinski definition) is 3. The van der Waals surface area contributed by atoms with E-state index in [9.17, 15) is 0 Å². The number of nitrogens with zero attached hydrogens (tertiary/aromatic N) is 1. The summed E-state index contributed by atoms with van der Waals surface area (Å²) >= 11 is 0. The van der Waals surface area contributed by atoms with Crippen molar-refractivity contribution in [3.05, 3.63) is 0 Å². The van der Waals surface area contributed by atoms with Gasteiger partial charge < -0.3 is 15.0 Å². The molecule has 0 bridgehead atoms. The Morgan fingerprint density at radius 3 is 2.38 bits per heavy atom. The van der Waals surface area contributed by atoms with E-state index >= 15 is 0 Å². The summed E-state index contributed by atoms with van der Waals surface area (Å²) in [5.41, 5.74) is 0.139. The van der Waals surface area contributed by atoms with E-state index in [1.807, 2.05) is 7.05 Å². The SMILES string of the molecule is CNCCCOCC(C)(C)N(C)C. The first kappa shape index (κ1) is 12.9. The summed E-state index contributed by atoms with van der Waals surface area (Å²) in [6, 6.07) is 0. The van der Waals surface area contributed by atoms with Crippen molar-refractivity contribution in [1.82, 2.24) is 10.2 Å². The Balaban J connectivity index is 3.41. The highest BCUT2D eigenvalue weighted by Crippen LogP contribution is 2.09. The quantitative estimate of drug-likeness (QED) is 0.602. The molecule has 0 atom stereocenters. The Hall–Kier alpha value is -0.120. The predicted molar refractivity (Wildman–Crippen MR) is 57.1 cm³/mol. The third-order valence-electron chi connectivity index (χ3n) is 2.38. The summed E-state index contributed by atoms with van der Waals surface area (Å²) in [5, 5.41) is 3.10. The zero-order valence-electron chi connectivity index (χ0n) is 9.68. The van der Waals surface area contributed by atoms with E-state index in [0.29, 0.717) is 0 Å². The second-order valence-corrected chi connectivity index (χ2v) is 4.22. The summed E-state index contributed by atoms with van der Waals surface area (Å²) in [5.74, 6) is 0. The van der Waals surface area contributed by atoms with Gasteiger partial charge in [-0.3, -0.25) is 0 Å². The lowest BCUT2D eigenvalue weighted by Gasteiger charge is -2.32. The van der Waals surface area contributed by atoms with Crippen LogP contribution in [0.1, 0.15) is 20.3 Å². The van der Waals surface area contributed by atoms with Crippen LogP contribution >= 0.6 is 0 Å². The van der Waals surface area contributed by atoms with Crippen LogP contribution in [0.3, 0.4) is 0 Å². The second-order valence-electron chi connectivity index (χ2n) is 4.22. The van der Waals surface area contributed by atoms with Crippen molar-refractivity contribution in [2.24, 2.45) is 0 Å². The maximum Gasteiger partial charge on any atom is 0.0644 e. The van der Waals surface area contributed by atoms with Crippen molar-refractivity contribution in [3.63, 3.8) is 0 Å². The van der Waals surface area contributed by atoms with Crippen LogP contribution in [0.25, 0.3) is 0 Å². The Kier molecular flexibility index (Phi) is 6.29. The van der Waals surface area contributed by atoms with Crippen LogP contribution in [0.15, 0.2) is 0 Å². The van der Waals surface area contributed by atoms with Gasteiger partial charge >= 0.3 is 0 Å². The Labute approximate surface area is 82.4 Å². The molecule has 3 nitrogen and oxygen atoms in total. The second kappa shape index (κ2) is 6.35. The molecule has 0 saturated heterocycles. The molecule has 3 heteroatoms. The lowest BCUT2D eigenvalue weighted by atomic mass is 10.1. The van der Waals surface area contributed by atoms with Crippen LogP contribution in [0.4, 0.5) is 0 Å². The van der Waals surface area contributed by atoms with Gasteiger partial charge in [-0.2, -0.15) is 0 Å². The van der Waals surface area contributed by atoms with Crippen molar-refractivity contribution < 1.29 is 4.74 Å². The summed E-state index contributed by atoms with van der Waals surface area (Å²) in [4.78, 5) is 2.19. The molecule has 0 aromatic carbocycles. The van der Waals surface area contributed by atoms with Crippen molar-refractivity contribution in [1.29, 1.82) is 0 Å². The van der Waals surface area contributed by atoms with Gasteiger partial charge in [0.2, 0.25) is 0 Å². The van der Waals surface area contributed by atoms with E-state index in [4.69, 9.17) is 4.74 Å². The normalized spacial score (nSPS) is 12.5. The van der Waals surface area contributed by atoms with E-state index in [0.717, 1.165) is 26.2 Å². The van der Waals surface area contributed by atoms with E-state index in [1.54, 1.807) is 0 Å². The van der Waals surface area contributed by atoms with Gasteiger partial charge in [0.1, 0.15) is 0 Å². The molecule has 0 heterocycles. The zero-order valence-corrected chi connectivity index (χ0v) is 9.68. The third kappa shape index (κ3) is 6.02. The van der Waals surface area contributed by atoms with Crippen molar-refractivity contribution in [2.75, 3.05) is 40.9 Å². The molecule has 0 saturated carbocycles. The van der Waals surface area contributed by atoms with Crippen molar-refractivity contribution >= 4 is 0 Å². The lowest BCUT2D eigenvalue weighted by molar-refractivity contribution is 0.0354. The monoisotopic (exact) mass is 188 g/mol. The summed E-state index contributed by atoms with van der Waals surface area (Å²) in [6.45, 7) is 7.04. The number of hydrogen-bond donors (Lipinski definition) is 1. The molecular formula is C10H24N2O. The third-order valence-corrected chi connectivity index (χ3v) is 2.38. The molecule has 0 aromatic heterocycles. The van der Waals surface area contributed by atoms with Crippen LogP contribution in [0.2, 0.25) is 0 Å². The van der Waals surface area contributed by atoms with Gasteiger partial charge in [0, 0.05) is 12.1 Å². The Morgan fingerprint density at radius 2 is 1.92 bits per heavy atom. The van der Waals surface area contributed by atoms with Crippen LogP contribution in [-0.4, -0.2) is 51.3 Å². The predicted octanol–water partition coefficient (Wildman–Crippen LogP) is 0.953. The first-order chi connectivity index (χ1) is 6.00. The molecule has 0 unspecified atom stereocenters. The molecule has 13 heavy (non-hydrogen) atoms. The van der Waals surface area contributed by atoms with E-state index in [1.165, 1.54) is 0 Å². The summed E-state index contributed by atoms with van der Waals surface area (Å²) < 4.78 is 5.58. The van der Waals surface area contributed by atoms with Gasteiger partial charge in [0.15, 0.2) is 0 Å². The minimum Gasteiger partial charge on any atom is -0.379 e. The number of likely N-dealkylation sites (N-methyl/N-ethyl adjacent to an activating group) is 1. The number of rotatable bonds is 7. The molecule has 0 radical (unpaired) electrons. The lowest BCUT2D eigenvalue weighted by Crippen LogP contribution is -2.42. The molecular weight excluding hydrogens is 164 g/mol. The highest BCUT2D eigenvalue weighted by Gasteiger charge is 2.19. The molecule has 0 fully saturated rings. The van der Waals surface area contributed by atoms with Crippen LogP contribution < -0.4 is 5.32 Å². The summed E-state index contributed by atoms with van der Waals surface area (Å²) in [7, 11) is 6.12. The van der Waals surface area contributed by atoms with Crippen LogP contribution in [-0.2, 0) is 4.74 Å². The van der Waals surface area contributed by atoms with E-state index in [-0.39, 0.29) is 5.54 Å². The van der Waals surface area contributed by atoms with Crippen molar-refractivity contribution in [2.45, 2.75) is 25.8 Å². The molecule has 1 N–H and O–H groups in total. The van der Waals surface area contributed by atoms with Gasteiger partial charge in [-0.1, -0.05) is 0 Å². The molecule has 80 valence electrons. The molecule has 0 aliphatic carbocycles. The summed E-state index contributed by atoms with van der Waals surface area (Å²) in [6.07, 6.45) is 1.08. The number of ether oxygens (including phenoxy) is 1.